The minimum Gasteiger partial charge on any atom is -0.497 e. The first-order chi connectivity index (χ1) is 6.69. The third-order valence-electron chi connectivity index (χ3n) is 2.00. The summed E-state index contributed by atoms with van der Waals surface area (Å²) in [6.07, 6.45) is 0. The number of ether oxygens (including phenoxy) is 2. The van der Waals surface area contributed by atoms with Gasteiger partial charge in [0.05, 0.1) is 14.2 Å². The fourth-order valence-corrected chi connectivity index (χ4v) is 1.11. The van der Waals surface area contributed by atoms with Crippen molar-refractivity contribution in [2.75, 3.05) is 14.2 Å². The molecule has 0 aliphatic heterocycles. The lowest BCUT2D eigenvalue weighted by Gasteiger charge is -2.06. The number of hydrogen-bond donors (Lipinski definition) is 1. The maximum Gasteiger partial charge on any atom is 0.369 e. The fourth-order valence-electron chi connectivity index (χ4n) is 1.11. The predicted octanol–water partition coefficient (Wildman–Crippen LogP) is 0.151. The summed E-state index contributed by atoms with van der Waals surface area (Å²) >= 11 is 0. The molecule has 76 valence electrons. The summed E-state index contributed by atoms with van der Waals surface area (Å²) in [5, 5.41) is 0. The molecule has 4 heteroatoms. The fraction of sp³-hybridized carbons (Fsp3) is 0.300. The highest BCUT2D eigenvalue weighted by molar-refractivity contribution is 5.75. The van der Waals surface area contributed by atoms with Crippen LogP contribution in [0.5, 0.6) is 5.75 Å². The van der Waals surface area contributed by atoms with Crippen molar-refractivity contribution in [2.24, 2.45) is 0 Å². The quantitative estimate of drug-likeness (QED) is 0.700. The molecule has 0 heterocycles. The summed E-state index contributed by atoms with van der Waals surface area (Å²) in [4.78, 5) is 11.2. The van der Waals surface area contributed by atoms with Crippen molar-refractivity contribution in [2.45, 2.75) is 6.04 Å². The van der Waals surface area contributed by atoms with E-state index in [0.29, 0.717) is 0 Å². The van der Waals surface area contributed by atoms with E-state index in [1.165, 1.54) is 7.11 Å². The molecule has 0 bridgehead atoms. The lowest BCUT2D eigenvalue weighted by Crippen LogP contribution is -2.57. The summed E-state index contributed by atoms with van der Waals surface area (Å²) in [6, 6.07) is 6.69. The van der Waals surface area contributed by atoms with Gasteiger partial charge in [0.2, 0.25) is 6.04 Å². The summed E-state index contributed by atoms with van der Waals surface area (Å²) in [5.74, 6) is 0.418. The van der Waals surface area contributed by atoms with Crippen molar-refractivity contribution in [1.29, 1.82) is 0 Å². The Morgan fingerprint density at radius 2 is 1.86 bits per heavy atom. The molecule has 0 amide bonds. The van der Waals surface area contributed by atoms with Crippen LogP contribution in [0.15, 0.2) is 24.3 Å². The Balaban J connectivity index is 2.81. The van der Waals surface area contributed by atoms with Gasteiger partial charge in [-0.15, -0.1) is 0 Å². The van der Waals surface area contributed by atoms with Gasteiger partial charge in [-0.1, -0.05) is 0 Å². The van der Waals surface area contributed by atoms with E-state index in [-0.39, 0.29) is 5.97 Å². The second kappa shape index (κ2) is 4.62. The van der Waals surface area contributed by atoms with Crippen molar-refractivity contribution in [3.05, 3.63) is 29.8 Å². The molecular formula is C10H14NO3+. The van der Waals surface area contributed by atoms with Crippen molar-refractivity contribution in [3.63, 3.8) is 0 Å². The standard InChI is InChI=1S/C10H13NO3/c1-13-8-5-3-7(4-6-8)9(11)10(12)14-2/h3-6,9H,11H2,1-2H3/p+1. The van der Waals surface area contributed by atoms with E-state index in [4.69, 9.17) is 4.74 Å². The Bertz CT molecular complexity index is 308. The first-order valence-corrected chi connectivity index (χ1v) is 4.24. The van der Waals surface area contributed by atoms with Crippen LogP contribution in [0.4, 0.5) is 0 Å². The van der Waals surface area contributed by atoms with Gasteiger partial charge >= 0.3 is 5.97 Å². The number of hydrogen-bond acceptors (Lipinski definition) is 3. The summed E-state index contributed by atoms with van der Waals surface area (Å²) in [6.45, 7) is 0. The molecule has 1 aromatic carbocycles. The molecule has 1 rings (SSSR count). The average molecular weight is 196 g/mol. The van der Waals surface area contributed by atoms with Crippen LogP contribution in [-0.4, -0.2) is 20.2 Å². The predicted molar refractivity (Wildman–Crippen MR) is 50.6 cm³/mol. The van der Waals surface area contributed by atoms with E-state index in [1.807, 2.05) is 0 Å². The number of carbonyl (C=O) groups is 1. The smallest absolute Gasteiger partial charge is 0.369 e. The molecule has 1 unspecified atom stereocenters. The normalized spacial score (nSPS) is 11.9. The maximum atomic E-state index is 11.2. The molecule has 0 aliphatic carbocycles. The monoisotopic (exact) mass is 196 g/mol. The third kappa shape index (κ3) is 2.23. The molecular weight excluding hydrogens is 182 g/mol. The molecule has 0 saturated carbocycles. The first-order valence-electron chi connectivity index (χ1n) is 4.24. The first kappa shape index (κ1) is 10.5. The minimum absolute atomic E-state index is 0.338. The zero-order valence-corrected chi connectivity index (χ0v) is 8.32. The third-order valence-corrected chi connectivity index (χ3v) is 2.00. The van der Waals surface area contributed by atoms with Crippen molar-refractivity contribution in [3.8, 4) is 5.75 Å². The molecule has 0 aliphatic rings. The molecule has 1 aromatic rings. The number of rotatable bonds is 3. The Labute approximate surface area is 82.6 Å². The molecule has 3 N–H and O–H groups in total. The van der Waals surface area contributed by atoms with Gasteiger partial charge in [0.15, 0.2) is 0 Å². The Morgan fingerprint density at radius 1 is 1.29 bits per heavy atom. The highest BCUT2D eigenvalue weighted by Crippen LogP contribution is 2.15. The van der Waals surface area contributed by atoms with Gasteiger partial charge < -0.3 is 15.2 Å². The van der Waals surface area contributed by atoms with Crippen LogP contribution in [-0.2, 0) is 9.53 Å². The van der Waals surface area contributed by atoms with E-state index < -0.39 is 6.04 Å². The molecule has 4 nitrogen and oxygen atoms in total. The van der Waals surface area contributed by atoms with Crippen molar-refractivity contribution < 1.29 is 20.0 Å². The highest BCUT2D eigenvalue weighted by atomic mass is 16.5. The molecule has 1 atom stereocenters. The van der Waals surface area contributed by atoms with Crippen LogP contribution in [0.25, 0.3) is 0 Å². The average Bonchev–Trinajstić information content (AvgIpc) is 2.27. The topological polar surface area (TPSA) is 63.2 Å². The zero-order valence-electron chi connectivity index (χ0n) is 8.32. The van der Waals surface area contributed by atoms with Gasteiger partial charge in [0.1, 0.15) is 5.75 Å². The van der Waals surface area contributed by atoms with E-state index in [0.717, 1.165) is 11.3 Å². The number of quaternary nitrogens is 1. The van der Waals surface area contributed by atoms with E-state index >= 15 is 0 Å². The Kier molecular flexibility index (Phi) is 3.48. The van der Waals surface area contributed by atoms with Gasteiger partial charge in [-0.05, 0) is 24.3 Å². The lowest BCUT2D eigenvalue weighted by atomic mass is 10.1. The van der Waals surface area contributed by atoms with Crippen LogP contribution in [0, 0.1) is 0 Å². The van der Waals surface area contributed by atoms with Gasteiger partial charge in [0, 0.05) is 5.56 Å². The van der Waals surface area contributed by atoms with E-state index in [9.17, 15) is 4.79 Å². The van der Waals surface area contributed by atoms with E-state index in [1.54, 1.807) is 31.4 Å². The van der Waals surface area contributed by atoms with Crippen molar-refractivity contribution >= 4 is 5.97 Å². The van der Waals surface area contributed by atoms with E-state index in [2.05, 4.69) is 10.5 Å². The van der Waals surface area contributed by atoms with Gasteiger partial charge in [-0.2, -0.15) is 0 Å². The second-order valence-electron chi connectivity index (χ2n) is 2.85. The molecule has 0 aromatic heterocycles. The molecule has 0 spiro atoms. The molecule has 0 radical (unpaired) electrons. The maximum absolute atomic E-state index is 11.2. The number of esters is 1. The van der Waals surface area contributed by atoms with Crippen LogP contribution in [0.1, 0.15) is 11.6 Å². The zero-order chi connectivity index (χ0) is 10.6. The summed E-state index contributed by atoms with van der Waals surface area (Å²) < 4.78 is 9.59. The van der Waals surface area contributed by atoms with Crippen LogP contribution < -0.4 is 10.5 Å². The molecule has 14 heavy (non-hydrogen) atoms. The number of benzene rings is 1. The Hall–Kier alpha value is -1.55. The summed E-state index contributed by atoms with van der Waals surface area (Å²) in [7, 11) is 2.95. The Morgan fingerprint density at radius 3 is 2.29 bits per heavy atom. The van der Waals surface area contributed by atoms with Crippen molar-refractivity contribution in [1.82, 2.24) is 0 Å². The van der Waals surface area contributed by atoms with Crippen LogP contribution in [0.2, 0.25) is 0 Å². The largest absolute Gasteiger partial charge is 0.497 e. The highest BCUT2D eigenvalue weighted by Gasteiger charge is 2.19. The minimum atomic E-state index is -0.481. The number of methoxy groups -OCH3 is 2. The van der Waals surface area contributed by atoms with Crippen LogP contribution >= 0.6 is 0 Å². The molecule has 0 saturated heterocycles. The lowest BCUT2D eigenvalue weighted by molar-refractivity contribution is -0.414. The van der Waals surface area contributed by atoms with Crippen LogP contribution in [0.3, 0.4) is 0 Å². The summed E-state index contributed by atoms with van der Waals surface area (Å²) in [5.41, 5.74) is 4.54. The SMILES string of the molecule is COC(=O)C([NH3+])c1ccc(OC)cc1. The van der Waals surface area contributed by atoms with Gasteiger partial charge in [-0.3, -0.25) is 0 Å². The van der Waals surface area contributed by atoms with Gasteiger partial charge in [0.25, 0.3) is 0 Å². The number of carbonyl (C=O) groups excluding carboxylic acids is 1. The second-order valence-corrected chi connectivity index (χ2v) is 2.85. The van der Waals surface area contributed by atoms with Gasteiger partial charge in [-0.25, -0.2) is 4.79 Å². The molecule has 0 fully saturated rings.